The van der Waals surface area contributed by atoms with E-state index in [4.69, 9.17) is 27.9 Å². The highest BCUT2D eigenvalue weighted by atomic mass is 35.5. The molecule has 20 heavy (non-hydrogen) atoms. The lowest BCUT2D eigenvalue weighted by molar-refractivity contribution is 0.0858. The van der Waals surface area contributed by atoms with Crippen LogP contribution in [0.25, 0.3) is 0 Å². The number of nitrogens with one attached hydrogen (secondary N) is 1. The van der Waals surface area contributed by atoms with Crippen LogP contribution in [0.1, 0.15) is 31.4 Å². The molecule has 0 radical (unpaired) electrons. The van der Waals surface area contributed by atoms with Crippen molar-refractivity contribution in [3.05, 3.63) is 33.8 Å². The van der Waals surface area contributed by atoms with Gasteiger partial charge in [-0.25, -0.2) is 0 Å². The van der Waals surface area contributed by atoms with E-state index < -0.39 is 6.10 Å². The van der Waals surface area contributed by atoms with Crippen LogP contribution in [0.3, 0.4) is 0 Å². The molecular weight excluding hydrogens is 297 g/mol. The number of hydrogen-bond donors (Lipinski definition) is 2. The van der Waals surface area contributed by atoms with E-state index >= 15 is 0 Å². The van der Waals surface area contributed by atoms with Crippen LogP contribution in [-0.2, 0) is 4.74 Å². The minimum absolute atomic E-state index is 0.342. The summed E-state index contributed by atoms with van der Waals surface area (Å²) in [6, 6.07) is 5.14. The number of benzene rings is 1. The topological polar surface area (TPSA) is 41.5 Å². The van der Waals surface area contributed by atoms with Crippen LogP contribution in [0.2, 0.25) is 10.0 Å². The molecule has 1 aromatic carbocycles. The molecule has 0 aliphatic carbocycles. The Morgan fingerprint density at radius 1 is 1.45 bits per heavy atom. The monoisotopic (exact) mass is 317 g/mol. The molecular formula is C15H21Cl2NO2. The summed E-state index contributed by atoms with van der Waals surface area (Å²) >= 11 is 12.0. The fraction of sp³-hybridized carbons (Fsp3) is 0.600. The SMILES string of the molecule is CCC1OCCC1CNCC(O)c1cc(Cl)ccc1Cl. The lowest BCUT2D eigenvalue weighted by atomic mass is 9.99. The summed E-state index contributed by atoms with van der Waals surface area (Å²) in [5.74, 6) is 0.530. The first kappa shape index (κ1) is 16.1. The quantitative estimate of drug-likeness (QED) is 0.844. The Morgan fingerprint density at radius 3 is 3.00 bits per heavy atom. The van der Waals surface area contributed by atoms with E-state index in [1.165, 1.54) is 0 Å². The molecule has 2 rings (SSSR count). The highest BCUT2D eigenvalue weighted by Crippen LogP contribution is 2.26. The summed E-state index contributed by atoms with van der Waals surface area (Å²) in [4.78, 5) is 0. The van der Waals surface area contributed by atoms with Crippen LogP contribution in [0.4, 0.5) is 0 Å². The van der Waals surface area contributed by atoms with Gasteiger partial charge in [0, 0.05) is 35.3 Å². The molecule has 1 heterocycles. The molecule has 0 saturated carbocycles. The van der Waals surface area contributed by atoms with Crippen LogP contribution in [-0.4, -0.2) is 30.9 Å². The van der Waals surface area contributed by atoms with Crippen molar-refractivity contribution < 1.29 is 9.84 Å². The molecule has 1 saturated heterocycles. The number of rotatable bonds is 6. The number of aliphatic hydroxyl groups excluding tert-OH is 1. The van der Waals surface area contributed by atoms with Gasteiger partial charge in [0.25, 0.3) is 0 Å². The molecule has 0 amide bonds. The van der Waals surface area contributed by atoms with Crippen molar-refractivity contribution in [1.82, 2.24) is 5.32 Å². The lowest BCUT2D eigenvalue weighted by Crippen LogP contribution is -2.31. The molecule has 1 aliphatic rings. The van der Waals surface area contributed by atoms with Gasteiger partial charge in [-0.05, 0) is 37.0 Å². The van der Waals surface area contributed by atoms with E-state index in [2.05, 4.69) is 12.2 Å². The molecule has 3 nitrogen and oxygen atoms in total. The first-order valence-corrected chi connectivity index (χ1v) is 7.82. The van der Waals surface area contributed by atoms with E-state index in [1.807, 2.05) is 0 Å². The van der Waals surface area contributed by atoms with E-state index in [0.717, 1.165) is 26.0 Å². The predicted molar refractivity (Wildman–Crippen MR) is 82.4 cm³/mol. The van der Waals surface area contributed by atoms with Gasteiger partial charge in [-0.15, -0.1) is 0 Å². The van der Waals surface area contributed by atoms with E-state index in [0.29, 0.717) is 34.2 Å². The standard InChI is InChI=1S/C15H21Cl2NO2/c1-2-15-10(5-6-20-15)8-18-9-14(19)12-7-11(16)3-4-13(12)17/h3-4,7,10,14-15,18-19H,2,5-6,8-9H2,1H3. The third kappa shape index (κ3) is 4.09. The van der Waals surface area contributed by atoms with Gasteiger partial charge in [0.05, 0.1) is 12.2 Å². The average molecular weight is 318 g/mol. The average Bonchev–Trinajstić information content (AvgIpc) is 2.89. The molecule has 112 valence electrons. The zero-order valence-corrected chi connectivity index (χ0v) is 13.1. The fourth-order valence-corrected chi connectivity index (χ4v) is 3.09. The molecule has 0 spiro atoms. The molecule has 5 heteroatoms. The lowest BCUT2D eigenvalue weighted by Gasteiger charge is -2.19. The van der Waals surface area contributed by atoms with Gasteiger partial charge < -0.3 is 15.2 Å². The van der Waals surface area contributed by atoms with Crippen molar-refractivity contribution >= 4 is 23.2 Å². The first-order chi connectivity index (χ1) is 9.61. The summed E-state index contributed by atoms with van der Waals surface area (Å²) in [7, 11) is 0. The first-order valence-electron chi connectivity index (χ1n) is 7.07. The summed E-state index contributed by atoms with van der Waals surface area (Å²) in [5.41, 5.74) is 0.668. The minimum Gasteiger partial charge on any atom is -0.387 e. The van der Waals surface area contributed by atoms with Gasteiger partial charge >= 0.3 is 0 Å². The maximum absolute atomic E-state index is 10.2. The van der Waals surface area contributed by atoms with Gasteiger partial charge in [0.15, 0.2) is 0 Å². The van der Waals surface area contributed by atoms with Crippen LogP contribution in [0.15, 0.2) is 18.2 Å². The Balaban J connectivity index is 1.83. The predicted octanol–water partition coefficient (Wildman–Crippen LogP) is 3.43. The summed E-state index contributed by atoms with van der Waals surface area (Å²) in [5, 5.41) is 14.6. The molecule has 1 aliphatic heterocycles. The molecule has 3 unspecified atom stereocenters. The van der Waals surface area contributed by atoms with Crippen LogP contribution >= 0.6 is 23.2 Å². The summed E-state index contributed by atoms with van der Waals surface area (Å²) in [6.45, 7) is 4.30. The number of aliphatic hydroxyl groups is 1. The molecule has 1 aromatic rings. The fourth-order valence-electron chi connectivity index (χ4n) is 2.66. The Bertz CT molecular complexity index is 442. The molecule has 3 atom stereocenters. The second kappa shape index (κ2) is 7.62. The Hall–Kier alpha value is -0.320. The number of halogens is 2. The van der Waals surface area contributed by atoms with Gasteiger partial charge in [-0.2, -0.15) is 0 Å². The zero-order valence-electron chi connectivity index (χ0n) is 11.6. The van der Waals surface area contributed by atoms with Gasteiger partial charge in [-0.1, -0.05) is 30.1 Å². The van der Waals surface area contributed by atoms with E-state index in [9.17, 15) is 5.11 Å². The maximum atomic E-state index is 10.2. The van der Waals surface area contributed by atoms with Crippen molar-refractivity contribution in [3.8, 4) is 0 Å². The van der Waals surface area contributed by atoms with Gasteiger partial charge in [0.2, 0.25) is 0 Å². The second-order valence-corrected chi connectivity index (χ2v) is 6.05. The highest BCUT2D eigenvalue weighted by Gasteiger charge is 2.26. The second-order valence-electron chi connectivity index (χ2n) is 5.21. The highest BCUT2D eigenvalue weighted by molar-refractivity contribution is 6.33. The molecule has 1 fully saturated rings. The summed E-state index contributed by atoms with van der Waals surface area (Å²) in [6.07, 6.45) is 1.81. The van der Waals surface area contributed by atoms with Gasteiger partial charge in [-0.3, -0.25) is 0 Å². The zero-order chi connectivity index (χ0) is 14.5. The molecule has 0 bridgehead atoms. The molecule has 0 aromatic heterocycles. The Kier molecular flexibility index (Phi) is 6.12. The summed E-state index contributed by atoms with van der Waals surface area (Å²) < 4.78 is 5.65. The number of hydrogen-bond acceptors (Lipinski definition) is 3. The number of ether oxygens (including phenoxy) is 1. The molecule has 2 N–H and O–H groups in total. The van der Waals surface area contributed by atoms with Gasteiger partial charge in [0.1, 0.15) is 0 Å². The normalized spacial score (nSPS) is 24.0. The van der Waals surface area contributed by atoms with Crippen LogP contribution in [0.5, 0.6) is 0 Å². The maximum Gasteiger partial charge on any atom is 0.0929 e. The third-order valence-corrected chi connectivity index (χ3v) is 4.39. The third-order valence-electron chi connectivity index (χ3n) is 3.81. The van der Waals surface area contributed by atoms with E-state index in [1.54, 1.807) is 18.2 Å². The Morgan fingerprint density at radius 2 is 2.25 bits per heavy atom. The smallest absolute Gasteiger partial charge is 0.0929 e. The van der Waals surface area contributed by atoms with Crippen LogP contribution < -0.4 is 5.32 Å². The van der Waals surface area contributed by atoms with Crippen molar-refractivity contribution in [2.75, 3.05) is 19.7 Å². The van der Waals surface area contributed by atoms with Crippen molar-refractivity contribution in [2.45, 2.75) is 32.0 Å². The minimum atomic E-state index is -0.649. The largest absolute Gasteiger partial charge is 0.387 e. The Labute approximate surface area is 130 Å². The van der Waals surface area contributed by atoms with Crippen molar-refractivity contribution in [2.24, 2.45) is 5.92 Å². The van der Waals surface area contributed by atoms with Crippen molar-refractivity contribution in [3.63, 3.8) is 0 Å². The van der Waals surface area contributed by atoms with Crippen LogP contribution in [0, 0.1) is 5.92 Å². The van der Waals surface area contributed by atoms with Crippen molar-refractivity contribution in [1.29, 1.82) is 0 Å². The van der Waals surface area contributed by atoms with E-state index in [-0.39, 0.29) is 0 Å².